The van der Waals surface area contributed by atoms with Crippen molar-refractivity contribution in [3.8, 4) is 11.5 Å². The van der Waals surface area contributed by atoms with E-state index in [-0.39, 0.29) is 25.8 Å². The summed E-state index contributed by atoms with van der Waals surface area (Å²) in [6.07, 6.45) is 0. The number of nitrogens with zero attached hydrogens (tertiary/aromatic N) is 2. The van der Waals surface area contributed by atoms with E-state index in [9.17, 15) is 13.2 Å². The molecule has 2 aliphatic rings. The molecule has 0 N–H and O–H groups in total. The molecule has 0 aromatic heterocycles. The first-order valence-corrected chi connectivity index (χ1v) is 10.6. The third-order valence-corrected chi connectivity index (χ3v) is 7.15. The van der Waals surface area contributed by atoms with Gasteiger partial charge in [0.15, 0.2) is 11.5 Å². The lowest BCUT2D eigenvalue weighted by Gasteiger charge is -2.34. The summed E-state index contributed by atoms with van der Waals surface area (Å²) in [6.45, 7) is 5.06. The molecule has 0 spiro atoms. The molecule has 2 aliphatic heterocycles. The van der Waals surface area contributed by atoms with Crippen molar-refractivity contribution >= 4 is 15.9 Å². The SMILES string of the molecule is Cc1ccc(C)c(S(=O)(=O)N2CCN(C(=O)c3ccc4c(c3)OCO4)CC2)c1. The molecule has 0 radical (unpaired) electrons. The number of sulfonamides is 1. The van der Waals surface area contributed by atoms with Crippen LogP contribution in [-0.4, -0.2) is 56.5 Å². The van der Waals surface area contributed by atoms with Gasteiger partial charge in [0.2, 0.25) is 16.8 Å². The van der Waals surface area contributed by atoms with Crippen LogP contribution in [0.4, 0.5) is 0 Å². The van der Waals surface area contributed by atoms with Gasteiger partial charge in [-0.25, -0.2) is 8.42 Å². The van der Waals surface area contributed by atoms with Crippen LogP contribution in [0, 0.1) is 13.8 Å². The molecule has 4 rings (SSSR count). The molecule has 28 heavy (non-hydrogen) atoms. The monoisotopic (exact) mass is 402 g/mol. The topological polar surface area (TPSA) is 76.2 Å². The van der Waals surface area contributed by atoms with Gasteiger partial charge >= 0.3 is 0 Å². The Morgan fingerprint density at radius 3 is 2.39 bits per heavy atom. The summed E-state index contributed by atoms with van der Waals surface area (Å²) in [6, 6.07) is 10.5. The van der Waals surface area contributed by atoms with Gasteiger partial charge in [0.25, 0.3) is 5.91 Å². The van der Waals surface area contributed by atoms with Crippen molar-refractivity contribution in [1.29, 1.82) is 0 Å². The molecule has 148 valence electrons. The van der Waals surface area contributed by atoms with Crippen LogP contribution in [0.15, 0.2) is 41.3 Å². The largest absolute Gasteiger partial charge is 0.454 e. The van der Waals surface area contributed by atoms with Gasteiger partial charge in [-0.15, -0.1) is 0 Å². The first-order valence-electron chi connectivity index (χ1n) is 9.12. The smallest absolute Gasteiger partial charge is 0.254 e. The number of benzene rings is 2. The first-order chi connectivity index (χ1) is 13.4. The molecule has 1 fully saturated rings. The molecule has 0 saturated carbocycles. The van der Waals surface area contributed by atoms with E-state index in [1.807, 2.05) is 19.1 Å². The summed E-state index contributed by atoms with van der Waals surface area (Å²) in [7, 11) is -3.58. The molecule has 0 bridgehead atoms. The minimum atomic E-state index is -3.58. The van der Waals surface area contributed by atoms with E-state index in [1.54, 1.807) is 36.1 Å². The number of rotatable bonds is 3. The van der Waals surface area contributed by atoms with Crippen LogP contribution < -0.4 is 9.47 Å². The maximum absolute atomic E-state index is 13.0. The number of piperazine rings is 1. The predicted molar refractivity (Wildman–Crippen MR) is 103 cm³/mol. The highest BCUT2D eigenvalue weighted by atomic mass is 32.2. The fourth-order valence-corrected chi connectivity index (χ4v) is 5.20. The standard InChI is InChI=1S/C20H22N2O5S/c1-14-3-4-15(2)19(11-14)28(24,25)22-9-7-21(8-10-22)20(23)16-5-6-17-18(12-16)27-13-26-17/h3-6,11-12H,7-10,13H2,1-2H3. The summed E-state index contributed by atoms with van der Waals surface area (Å²) in [5.41, 5.74) is 2.14. The Labute approximate surface area is 164 Å². The molecule has 8 heteroatoms. The predicted octanol–water partition coefficient (Wildman–Crippen LogP) is 2.18. The number of ether oxygens (including phenoxy) is 2. The minimum Gasteiger partial charge on any atom is -0.454 e. The molecule has 2 aromatic carbocycles. The number of aryl methyl sites for hydroxylation is 2. The van der Waals surface area contributed by atoms with Crippen molar-refractivity contribution in [3.63, 3.8) is 0 Å². The lowest BCUT2D eigenvalue weighted by Crippen LogP contribution is -2.50. The lowest BCUT2D eigenvalue weighted by molar-refractivity contribution is 0.0697. The van der Waals surface area contributed by atoms with Gasteiger partial charge in [-0.05, 0) is 49.2 Å². The molecule has 0 unspecified atom stereocenters. The summed E-state index contributed by atoms with van der Waals surface area (Å²) in [4.78, 5) is 14.8. The second-order valence-corrected chi connectivity index (χ2v) is 8.94. The zero-order valence-electron chi connectivity index (χ0n) is 15.8. The number of carbonyl (C=O) groups excluding carboxylic acids is 1. The number of fused-ring (bicyclic) bond motifs is 1. The van der Waals surface area contributed by atoms with Gasteiger partial charge in [-0.2, -0.15) is 4.31 Å². The Bertz CT molecular complexity index is 1030. The van der Waals surface area contributed by atoms with Gasteiger partial charge in [0.05, 0.1) is 4.90 Å². The van der Waals surface area contributed by atoms with E-state index in [0.29, 0.717) is 35.0 Å². The van der Waals surface area contributed by atoms with Crippen molar-refractivity contribution in [2.24, 2.45) is 0 Å². The van der Waals surface area contributed by atoms with Gasteiger partial charge in [-0.1, -0.05) is 12.1 Å². The Balaban J connectivity index is 1.47. The molecule has 1 amide bonds. The molecular weight excluding hydrogens is 380 g/mol. The Morgan fingerprint density at radius 1 is 0.929 bits per heavy atom. The van der Waals surface area contributed by atoms with E-state index in [4.69, 9.17) is 9.47 Å². The molecule has 2 aromatic rings. The number of hydrogen-bond acceptors (Lipinski definition) is 5. The fourth-order valence-electron chi connectivity index (χ4n) is 3.47. The van der Waals surface area contributed by atoms with E-state index >= 15 is 0 Å². The quantitative estimate of drug-likeness (QED) is 0.787. The highest BCUT2D eigenvalue weighted by Gasteiger charge is 2.31. The second-order valence-electron chi connectivity index (χ2n) is 7.03. The third-order valence-electron chi connectivity index (χ3n) is 5.11. The van der Waals surface area contributed by atoms with E-state index in [1.165, 1.54) is 4.31 Å². The molecule has 7 nitrogen and oxygen atoms in total. The molecule has 0 atom stereocenters. The van der Waals surface area contributed by atoms with E-state index in [2.05, 4.69) is 0 Å². The normalized spacial score (nSPS) is 17.0. The lowest BCUT2D eigenvalue weighted by atomic mass is 10.1. The van der Waals surface area contributed by atoms with Crippen molar-refractivity contribution in [1.82, 2.24) is 9.21 Å². The average Bonchev–Trinajstić information content (AvgIpc) is 3.17. The molecular formula is C20H22N2O5S. The molecule has 1 saturated heterocycles. The molecule has 0 aliphatic carbocycles. The van der Waals surface area contributed by atoms with Crippen molar-refractivity contribution in [2.75, 3.05) is 33.0 Å². The van der Waals surface area contributed by atoms with Crippen molar-refractivity contribution < 1.29 is 22.7 Å². The van der Waals surface area contributed by atoms with Gasteiger partial charge in [0, 0.05) is 31.7 Å². The minimum absolute atomic E-state index is 0.137. The third kappa shape index (κ3) is 3.33. The van der Waals surface area contributed by atoms with Crippen LogP contribution in [-0.2, 0) is 10.0 Å². The zero-order chi connectivity index (χ0) is 19.9. The summed E-state index contributed by atoms with van der Waals surface area (Å²) < 4.78 is 38.1. The Hall–Kier alpha value is -2.58. The van der Waals surface area contributed by atoms with Crippen LogP contribution in [0.1, 0.15) is 21.5 Å². The first kappa shape index (κ1) is 18.8. The Morgan fingerprint density at radius 2 is 1.64 bits per heavy atom. The van der Waals surface area contributed by atoms with Gasteiger partial charge in [0.1, 0.15) is 0 Å². The summed E-state index contributed by atoms with van der Waals surface area (Å²) in [5, 5.41) is 0. The highest BCUT2D eigenvalue weighted by molar-refractivity contribution is 7.89. The number of carbonyl (C=O) groups is 1. The van der Waals surface area contributed by atoms with Gasteiger partial charge in [-0.3, -0.25) is 4.79 Å². The summed E-state index contributed by atoms with van der Waals surface area (Å²) in [5.74, 6) is 1.05. The van der Waals surface area contributed by atoms with Gasteiger partial charge < -0.3 is 14.4 Å². The second kappa shape index (κ2) is 7.10. The summed E-state index contributed by atoms with van der Waals surface area (Å²) >= 11 is 0. The zero-order valence-corrected chi connectivity index (χ0v) is 16.7. The van der Waals surface area contributed by atoms with E-state index < -0.39 is 10.0 Å². The van der Waals surface area contributed by atoms with Crippen LogP contribution in [0.3, 0.4) is 0 Å². The van der Waals surface area contributed by atoms with E-state index in [0.717, 1.165) is 11.1 Å². The number of amides is 1. The molecule has 2 heterocycles. The Kier molecular flexibility index (Phi) is 4.76. The number of hydrogen-bond donors (Lipinski definition) is 0. The highest BCUT2D eigenvalue weighted by Crippen LogP contribution is 2.33. The van der Waals surface area contributed by atoms with Crippen LogP contribution in [0.2, 0.25) is 0 Å². The van der Waals surface area contributed by atoms with Crippen LogP contribution in [0.5, 0.6) is 11.5 Å². The maximum Gasteiger partial charge on any atom is 0.254 e. The van der Waals surface area contributed by atoms with Crippen LogP contribution in [0.25, 0.3) is 0 Å². The average molecular weight is 402 g/mol. The fraction of sp³-hybridized carbons (Fsp3) is 0.350. The van der Waals surface area contributed by atoms with Crippen molar-refractivity contribution in [2.45, 2.75) is 18.7 Å². The maximum atomic E-state index is 13.0. The van der Waals surface area contributed by atoms with Crippen LogP contribution >= 0.6 is 0 Å². The van der Waals surface area contributed by atoms with Crippen molar-refractivity contribution in [3.05, 3.63) is 53.1 Å².